The summed E-state index contributed by atoms with van der Waals surface area (Å²) in [5, 5.41) is 3.75. The highest BCUT2D eigenvalue weighted by Gasteiger charge is 2.18. The lowest BCUT2D eigenvalue weighted by molar-refractivity contribution is -0.885. The average molecular weight is 420 g/mol. The van der Waals surface area contributed by atoms with Gasteiger partial charge in [-0.15, -0.1) is 11.3 Å². The second-order valence-electron chi connectivity index (χ2n) is 6.75. The number of sulfonamides is 1. The van der Waals surface area contributed by atoms with Crippen LogP contribution in [-0.2, 0) is 21.4 Å². The number of anilines is 1. The van der Waals surface area contributed by atoms with E-state index >= 15 is 0 Å². The predicted octanol–water partition coefficient (Wildman–Crippen LogP) is 1.20. The maximum Gasteiger partial charge on any atom is 0.279 e. The molecule has 1 heterocycles. The molecule has 1 amide bonds. The van der Waals surface area contributed by atoms with Gasteiger partial charge in [0.05, 0.1) is 22.2 Å². The third kappa shape index (κ3) is 4.74. The summed E-state index contributed by atoms with van der Waals surface area (Å²) in [7, 11) is 1.33. The Kier molecular flexibility index (Phi) is 6.09. The normalized spacial score (nSPS) is 13.0. The number of rotatable bonds is 7. The first-order chi connectivity index (χ1) is 13.3. The lowest BCUT2D eigenvalue weighted by atomic mass is 10.3. The molecule has 1 atom stereocenters. The lowest BCUT2D eigenvalue weighted by Gasteiger charge is -2.14. The number of aromatic nitrogens is 1. The van der Waals surface area contributed by atoms with Gasteiger partial charge in [-0.3, -0.25) is 4.79 Å². The van der Waals surface area contributed by atoms with E-state index in [4.69, 9.17) is 0 Å². The molecule has 148 valence electrons. The van der Waals surface area contributed by atoms with Crippen molar-refractivity contribution in [3.63, 3.8) is 0 Å². The van der Waals surface area contributed by atoms with Crippen molar-refractivity contribution in [1.82, 2.24) is 9.29 Å². The molecule has 0 fully saturated rings. The van der Waals surface area contributed by atoms with Crippen LogP contribution in [0.3, 0.4) is 0 Å². The van der Waals surface area contributed by atoms with Crippen molar-refractivity contribution in [2.24, 2.45) is 0 Å². The van der Waals surface area contributed by atoms with Gasteiger partial charge in [0.2, 0.25) is 10.0 Å². The number of quaternary nitrogens is 1. The van der Waals surface area contributed by atoms with Crippen molar-refractivity contribution >= 4 is 43.2 Å². The zero-order chi connectivity index (χ0) is 20.3. The quantitative estimate of drug-likeness (QED) is 0.603. The molecule has 1 aromatic heterocycles. The number of thiazole rings is 1. The highest BCUT2D eigenvalue weighted by molar-refractivity contribution is 7.89. The molecular formula is C19H23N4O3S2+. The molecule has 2 N–H and O–H groups in total. The maximum atomic E-state index is 12.4. The lowest BCUT2D eigenvalue weighted by Crippen LogP contribution is -3.08. The number of nitrogens with one attached hydrogen (secondary N) is 2. The number of amides is 1. The topological polar surface area (TPSA) is 83.8 Å². The van der Waals surface area contributed by atoms with Crippen molar-refractivity contribution in [1.29, 1.82) is 0 Å². The van der Waals surface area contributed by atoms with Crippen molar-refractivity contribution in [3.05, 3.63) is 53.5 Å². The molecule has 0 bridgehead atoms. The SMILES string of the molecule is CN(C)S(=O)(=O)c1cccc(NC(=O)C[NH+](C)Cc2nc3ccccc3s2)c1. The van der Waals surface area contributed by atoms with Gasteiger partial charge in [-0.2, -0.15) is 0 Å². The first kappa shape index (κ1) is 20.4. The Balaban J connectivity index is 1.62. The standard InChI is InChI=1S/C19H22N4O3S2/c1-22(2)28(25,26)15-8-6-7-14(11-15)20-18(24)12-23(3)13-19-21-16-9-4-5-10-17(16)27-19/h4-11H,12-13H2,1-3H3,(H,20,24)/p+1. The summed E-state index contributed by atoms with van der Waals surface area (Å²) in [6, 6.07) is 14.2. The van der Waals surface area contributed by atoms with E-state index in [9.17, 15) is 13.2 Å². The largest absolute Gasteiger partial charge is 0.324 e. The number of hydrogen-bond acceptors (Lipinski definition) is 5. The molecule has 28 heavy (non-hydrogen) atoms. The van der Waals surface area contributed by atoms with Crippen LogP contribution >= 0.6 is 11.3 Å². The minimum absolute atomic E-state index is 0.144. The van der Waals surface area contributed by atoms with Crippen LogP contribution in [-0.4, -0.2) is 51.3 Å². The average Bonchev–Trinajstić information content (AvgIpc) is 3.03. The molecule has 0 radical (unpaired) electrons. The van der Waals surface area contributed by atoms with Crippen LogP contribution in [0, 0.1) is 0 Å². The number of benzene rings is 2. The molecule has 0 saturated heterocycles. The second-order valence-corrected chi connectivity index (χ2v) is 10.0. The highest BCUT2D eigenvalue weighted by Crippen LogP contribution is 2.21. The van der Waals surface area contributed by atoms with Crippen molar-refractivity contribution in [2.75, 3.05) is 33.0 Å². The summed E-state index contributed by atoms with van der Waals surface area (Å²) in [5.74, 6) is -0.182. The number of carbonyl (C=O) groups excluding carboxylic acids is 1. The molecule has 0 spiro atoms. The predicted molar refractivity (Wildman–Crippen MR) is 111 cm³/mol. The Morgan fingerprint density at radius 1 is 1.18 bits per heavy atom. The van der Waals surface area contributed by atoms with E-state index in [1.807, 2.05) is 31.3 Å². The second kappa shape index (κ2) is 8.36. The van der Waals surface area contributed by atoms with E-state index in [1.54, 1.807) is 23.5 Å². The summed E-state index contributed by atoms with van der Waals surface area (Å²) < 4.78 is 26.7. The Morgan fingerprint density at radius 2 is 1.93 bits per heavy atom. The van der Waals surface area contributed by atoms with E-state index in [1.165, 1.54) is 26.2 Å². The van der Waals surface area contributed by atoms with Gasteiger partial charge in [-0.05, 0) is 30.3 Å². The van der Waals surface area contributed by atoms with Gasteiger partial charge in [0.1, 0.15) is 11.6 Å². The molecule has 3 aromatic rings. The number of fused-ring (bicyclic) bond motifs is 1. The molecule has 3 rings (SSSR count). The minimum Gasteiger partial charge on any atom is -0.324 e. The van der Waals surface area contributed by atoms with E-state index in [0.717, 1.165) is 24.4 Å². The fourth-order valence-corrected chi connectivity index (χ4v) is 4.77. The first-order valence-corrected chi connectivity index (χ1v) is 11.0. The number of carbonyl (C=O) groups is 1. The van der Waals surface area contributed by atoms with E-state index in [0.29, 0.717) is 12.2 Å². The van der Waals surface area contributed by atoms with Gasteiger partial charge >= 0.3 is 0 Å². The third-order valence-electron chi connectivity index (χ3n) is 4.15. The summed E-state index contributed by atoms with van der Waals surface area (Å²) in [6.07, 6.45) is 0. The van der Waals surface area contributed by atoms with Gasteiger partial charge in [0, 0.05) is 19.8 Å². The van der Waals surface area contributed by atoms with Crippen molar-refractivity contribution in [2.45, 2.75) is 11.4 Å². The Labute approximate surface area is 168 Å². The van der Waals surface area contributed by atoms with Crippen molar-refractivity contribution in [3.8, 4) is 0 Å². The van der Waals surface area contributed by atoms with E-state index in [-0.39, 0.29) is 17.3 Å². The fourth-order valence-electron chi connectivity index (χ4n) is 2.74. The number of para-hydroxylation sites is 1. The third-order valence-corrected chi connectivity index (χ3v) is 7.00. The van der Waals surface area contributed by atoms with Crippen LogP contribution in [0.4, 0.5) is 5.69 Å². The molecule has 1 unspecified atom stereocenters. The first-order valence-electron chi connectivity index (χ1n) is 8.74. The molecule has 0 saturated carbocycles. The van der Waals surface area contributed by atoms with Gasteiger partial charge < -0.3 is 10.2 Å². The Bertz CT molecular complexity index is 1060. The van der Waals surface area contributed by atoms with Crippen LogP contribution in [0.25, 0.3) is 10.2 Å². The zero-order valence-corrected chi connectivity index (χ0v) is 17.6. The molecular weight excluding hydrogens is 396 g/mol. The van der Waals surface area contributed by atoms with E-state index in [2.05, 4.69) is 10.3 Å². The number of hydrogen-bond donors (Lipinski definition) is 2. The van der Waals surface area contributed by atoms with Crippen molar-refractivity contribution < 1.29 is 18.1 Å². The van der Waals surface area contributed by atoms with Crippen LogP contribution in [0.1, 0.15) is 5.01 Å². The smallest absolute Gasteiger partial charge is 0.279 e. The van der Waals surface area contributed by atoms with Gasteiger partial charge in [-0.1, -0.05) is 18.2 Å². The van der Waals surface area contributed by atoms with Crippen LogP contribution in [0.15, 0.2) is 53.4 Å². The summed E-state index contributed by atoms with van der Waals surface area (Å²) >= 11 is 1.63. The van der Waals surface area contributed by atoms with Gasteiger partial charge in [0.15, 0.2) is 6.54 Å². The fraction of sp³-hybridized carbons (Fsp3) is 0.263. The van der Waals surface area contributed by atoms with Crippen LogP contribution < -0.4 is 10.2 Å². The summed E-state index contributed by atoms with van der Waals surface area (Å²) in [6.45, 7) is 0.891. The van der Waals surface area contributed by atoms with Crippen LogP contribution in [0.2, 0.25) is 0 Å². The summed E-state index contributed by atoms with van der Waals surface area (Å²) in [5.41, 5.74) is 1.43. The molecule has 2 aromatic carbocycles. The number of likely N-dealkylation sites (N-methyl/N-ethyl adjacent to an activating group) is 1. The molecule has 0 aliphatic heterocycles. The molecule has 9 heteroatoms. The Hall–Kier alpha value is -2.33. The monoisotopic (exact) mass is 419 g/mol. The Morgan fingerprint density at radius 3 is 2.64 bits per heavy atom. The maximum absolute atomic E-state index is 12.4. The van der Waals surface area contributed by atoms with Gasteiger partial charge in [0.25, 0.3) is 5.91 Å². The van der Waals surface area contributed by atoms with Gasteiger partial charge in [-0.25, -0.2) is 17.7 Å². The zero-order valence-electron chi connectivity index (χ0n) is 16.0. The highest BCUT2D eigenvalue weighted by atomic mass is 32.2. The summed E-state index contributed by atoms with van der Waals surface area (Å²) in [4.78, 5) is 18.1. The molecule has 0 aliphatic carbocycles. The number of nitrogens with zero attached hydrogens (tertiary/aromatic N) is 2. The molecule has 7 nitrogen and oxygen atoms in total. The molecule has 0 aliphatic rings. The van der Waals surface area contributed by atoms with E-state index < -0.39 is 10.0 Å². The minimum atomic E-state index is -3.54. The van der Waals surface area contributed by atoms with Crippen LogP contribution in [0.5, 0.6) is 0 Å².